The summed E-state index contributed by atoms with van der Waals surface area (Å²) in [6.45, 7) is 11.9. The van der Waals surface area contributed by atoms with Crippen molar-refractivity contribution in [3.8, 4) is 22.8 Å². The molecule has 0 saturated heterocycles. The average Bonchev–Trinajstić information content (AvgIpc) is 2.72. The molecule has 0 bridgehead atoms. The molecule has 0 radical (unpaired) electrons. The maximum Gasteiger partial charge on any atom is 0.411 e. The second-order valence-corrected chi connectivity index (χ2v) is 10.9. The van der Waals surface area contributed by atoms with E-state index in [0.29, 0.717) is 18.7 Å². The van der Waals surface area contributed by atoms with Gasteiger partial charge in [-0.25, -0.2) is 9.78 Å². The number of hydrogen-bond acceptors (Lipinski definition) is 8. The molecule has 1 heterocycles. The average molecular weight is 501 g/mol. The summed E-state index contributed by atoms with van der Waals surface area (Å²) >= 11 is 0. The van der Waals surface area contributed by atoms with Crippen LogP contribution >= 0.6 is 0 Å². The van der Waals surface area contributed by atoms with Gasteiger partial charge in [0.15, 0.2) is 6.23 Å². The fourth-order valence-corrected chi connectivity index (χ4v) is 3.91. The van der Waals surface area contributed by atoms with Crippen LogP contribution in [0.3, 0.4) is 0 Å². The summed E-state index contributed by atoms with van der Waals surface area (Å²) in [6.07, 6.45) is 0.180. The minimum absolute atomic E-state index is 0.110. The fraction of sp³-hybridized carbons (Fsp3) is 0.519. The Morgan fingerprint density at radius 1 is 1.06 bits per heavy atom. The van der Waals surface area contributed by atoms with Crippen molar-refractivity contribution >= 4 is 12.1 Å². The van der Waals surface area contributed by atoms with Gasteiger partial charge in [-0.1, -0.05) is 19.9 Å². The van der Waals surface area contributed by atoms with Crippen LogP contribution in [-0.2, 0) is 16.1 Å². The lowest BCUT2D eigenvalue weighted by Crippen LogP contribution is -2.52. The molecule has 0 fully saturated rings. The van der Waals surface area contributed by atoms with E-state index in [1.54, 1.807) is 19.1 Å². The second kappa shape index (κ2) is 11.7. The molecule has 9 heteroatoms. The van der Waals surface area contributed by atoms with Crippen molar-refractivity contribution < 1.29 is 23.8 Å². The van der Waals surface area contributed by atoms with Crippen LogP contribution in [0, 0.1) is 11.3 Å². The second-order valence-electron chi connectivity index (χ2n) is 10.9. The standard InChI is InChI=1S/C27H40N4O5/c1-17(2)15-27(6,24(32)36-26(3,4)5)23(28)34-21-10-9-18(13-20(21)16-31(7)8)19-11-12-30-22(14-19)35-25(29)33/h9-14,17,23H,15-16,28H2,1-8H3,(H2,29,33). The summed E-state index contributed by atoms with van der Waals surface area (Å²) in [5.41, 5.74) is 12.5. The summed E-state index contributed by atoms with van der Waals surface area (Å²) in [6, 6.07) is 9.11. The number of nitrogens with two attached hydrogens (primary N) is 2. The van der Waals surface area contributed by atoms with Gasteiger partial charge in [-0.15, -0.1) is 0 Å². The van der Waals surface area contributed by atoms with E-state index in [4.69, 9.17) is 25.7 Å². The zero-order valence-corrected chi connectivity index (χ0v) is 22.6. The lowest BCUT2D eigenvalue weighted by Gasteiger charge is -2.37. The van der Waals surface area contributed by atoms with E-state index in [-0.39, 0.29) is 17.8 Å². The first kappa shape index (κ1) is 29.1. The first-order chi connectivity index (χ1) is 16.6. The molecule has 0 aliphatic heterocycles. The van der Waals surface area contributed by atoms with Crippen molar-refractivity contribution in [2.45, 2.75) is 66.3 Å². The van der Waals surface area contributed by atoms with Gasteiger partial charge in [-0.05, 0) is 83.5 Å². The summed E-state index contributed by atoms with van der Waals surface area (Å²) < 4.78 is 16.9. The predicted molar refractivity (Wildman–Crippen MR) is 139 cm³/mol. The number of esters is 1. The Hall–Kier alpha value is -3.17. The van der Waals surface area contributed by atoms with Gasteiger partial charge >= 0.3 is 12.1 Å². The quantitative estimate of drug-likeness (QED) is 0.364. The molecule has 1 aromatic heterocycles. The zero-order chi connectivity index (χ0) is 27.3. The highest BCUT2D eigenvalue weighted by molar-refractivity contribution is 5.77. The first-order valence-electron chi connectivity index (χ1n) is 12.0. The Kier molecular flexibility index (Phi) is 9.45. The number of primary amides is 1. The molecule has 0 spiro atoms. The molecule has 0 aliphatic carbocycles. The topological polar surface area (TPSA) is 130 Å². The lowest BCUT2D eigenvalue weighted by atomic mass is 9.80. The van der Waals surface area contributed by atoms with Crippen LogP contribution in [0.25, 0.3) is 11.1 Å². The lowest BCUT2D eigenvalue weighted by molar-refractivity contribution is -0.174. The summed E-state index contributed by atoms with van der Waals surface area (Å²) in [5, 5.41) is 0. The molecule has 0 aliphatic rings. The number of nitrogens with zero attached hydrogens (tertiary/aromatic N) is 2. The molecule has 1 aromatic carbocycles. The summed E-state index contributed by atoms with van der Waals surface area (Å²) in [5.74, 6) is 0.490. The molecular weight excluding hydrogens is 460 g/mol. The van der Waals surface area contributed by atoms with Crippen LogP contribution in [-0.4, -0.2) is 47.9 Å². The minimum Gasteiger partial charge on any atom is -0.474 e. The van der Waals surface area contributed by atoms with Gasteiger partial charge < -0.3 is 24.8 Å². The third-order valence-corrected chi connectivity index (χ3v) is 5.40. The Bertz CT molecular complexity index is 1060. The van der Waals surface area contributed by atoms with E-state index in [9.17, 15) is 9.59 Å². The Labute approximate surface area is 214 Å². The molecule has 198 valence electrons. The monoisotopic (exact) mass is 500 g/mol. The number of carbonyl (C=O) groups excluding carboxylic acids is 2. The van der Waals surface area contributed by atoms with Gasteiger partial charge in [-0.2, -0.15) is 0 Å². The van der Waals surface area contributed by atoms with E-state index in [1.807, 2.05) is 71.8 Å². The van der Waals surface area contributed by atoms with Gasteiger partial charge in [0.2, 0.25) is 5.88 Å². The van der Waals surface area contributed by atoms with E-state index >= 15 is 0 Å². The number of benzene rings is 1. The number of hydrogen-bond donors (Lipinski definition) is 2. The smallest absolute Gasteiger partial charge is 0.411 e. The highest BCUT2D eigenvalue weighted by atomic mass is 16.6. The van der Waals surface area contributed by atoms with Crippen molar-refractivity contribution in [1.29, 1.82) is 0 Å². The van der Waals surface area contributed by atoms with Gasteiger partial charge in [0.1, 0.15) is 16.8 Å². The Morgan fingerprint density at radius 3 is 2.25 bits per heavy atom. The minimum atomic E-state index is -1.05. The Morgan fingerprint density at radius 2 is 1.69 bits per heavy atom. The van der Waals surface area contributed by atoms with Crippen LogP contribution in [0.15, 0.2) is 36.5 Å². The molecule has 9 nitrogen and oxygen atoms in total. The number of aromatic nitrogens is 1. The van der Waals surface area contributed by atoms with Crippen LogP contribution in [0.2, 0.25) is 0 Å². The van der Waals surface area contributed by atoms with E-state index in [2.05, 4.69) is 4.98 Å². The third-order valence-electron chi connectivity index (χ3n) is 5.40. The molecule has 1 amide bonds. The van der Waals surface area contributed by atoms with Crippen molar-refractivity contribution in [2.24, 2.45) is 22.8 Å². The molecule has 2 rings (SSSR count). The number of rotatable bonds is 10. The van der Waals surface area contributed by atoms with Gasteiger partial charge in [-0.3, -0.25) is 10.5 Å². The maximum absolute atomic E-state index is 13.2. The summed E-state index contributed by atoms with van der Waals surface area (Å²) in [4.78, 5) is 30.3. The normalized spacial score (nSPS) is 14.3. The summed E-state index contributed by atoms with van der Waals surface area (Å²) in [7, 11) is 3.90. The van der Waals surface area contributed by atoms with Crippen molar-refractivity contribution in [3.63, 3.8) is 0 Å². The molecule has 2 aromatic rings. The molecule has 0 saturated carbocycles. The number of amides is 1. The maximum atomic E-state index is 13.2. The van der Waals surface area contributed by atoms with E-state index < -0.39 is 23.3 Å². The highest BCUT2D eigenvalue weighted by Gasteiger charge is 2.45. The SMILES string of the molecule is CC(C)CC(C)(C(=O)OC(C)(C)C)C(N)Oc1ccc(-c2ccnc(OC(N)=O)c2)cc1CN(C)C. The first-order valence-corrected chi connectivity index (χ1v) is 12.0. The van der Waals surface area contributed by atoms with Crippen LogP contribution in [0.5, 0.6) is 11.6 Å². The third kappa shape index (κ3) is 8.20. The largest absolute Gasteiger partial charge is 0.474 e. The van der Waals surface area contributed by atoms with Crippen LogP contribution in [0.1, 0.15) is 53.5 Å². The Balaban J connectivity index is 2.43. The van der Waals surface area contributed by atoms with Crippen molar-refractivity contribution in [3.05, 3.63) is 42.1 Å². The molecule has 36 heavy (non-hydrogen) atoms. The zero-order valence-electron chi connectivity index (χ0n) is 22.6. The molecule has 2 unspecified atom stereocenters. The van der Waals surface area contributed by atoms with Crippen molar-refractivity contribution in [2.75, 3.05) is 14.1 Å². The molecule has 2 atom stereocenters. The van der Waals surface area contributed by atoms with Crippen LogP contribution in [0.4, 0.5) is 4.79 Å². The number of pyridine rings is 1. The van der Waals surface area contributed by atoms with Gasteiger partial charge in [0, 0.05) is 24.4 Å². The van der Waals surface area contributed by atoms with Crippen LogP contribution < -0.4 is 20.9 Å². The number of carbonyl (C=O) groups is 2. The fourth-order valence-electron chi connectivity index (χ4n) is 3.91. The van der Waals surface area contributed by atoms with Crippen molar-refractivity contribution in [1.82, 2.24) is 9.88 Å². The highest BCUT2D eigenvalue weighted by Crippen LogP contribution is 2.36. The molecular formula is C27H40N4O5. The predicted octanol–water partition coefficient (Wildman–Crippen LogP) is 4.33. The number of ether oxygens (including phenoxy) is 3. The van der Waals surface area contributed by atoms with E-state index in [0.717, 1.165) is 16.7 Å². The molecule has 4 N–H and O–H groups in total. The van der Waals surface area contributed by atoms with E-state index in [1.165, 1.54) is 6.20 Å². The van der Waals surface area contributed by atoms with Gasteiger partial charge in [0.05, 0.1) is 0 Å². The van der Waals surface area contributed by atoms with Gasteiger partial charge in [0.25, 0.3) is 0 Å².